The number of anilines is 1. The Balaban J connectivity index is 2.01. The molecule has 5 nitrogen and oxygen atoms in total. The lowest BCUT2D eigenvalue weighted by atomic mass is 10.2. The first-order valence-electron chi connectivity index (χ1n) is 6.80. The van der Waals surface area contributed by atoms with Crippen LogP contribution in [0, 0.1) is 0 Å². The van der Waals surface area contributed by atoms with Gasteiger partial charge in [0.2, 0.25) is 0 Å². The van der Waals surface area contributed by atoms with Gasteiger partial charge in [-0.15, -0.1) is 0 Å². The second-order valence-electron chi connectivity index (χ2n) is 4.69. The molecule has 0 spiro atoms. The van der Waals surface area contributed by atoms with E-state index >= 15 is 0 Å². The Hall–Kier alpha value is -1.95. The van der Waals surface area contributed by atoms with E-state index in [9.17, 15) is 9.59 Å². The minimum Gasteiger partial charge on any atom is -0.482 e. The number of amides is 2. The van der Waals surface area contributed by atoms with Crippen molar-refractivity contribution < 1.29 is 14.3 Å². The minimum absolute atomic E-state index is 0.251. The van der Waals surface area contributed by atoms with E-state index in [0.29, 0.717) is 21.5 Å². The number of rotatable bonds is 5. The predicted octanol–water partition coefficient (Wildman–Crippen LogP) is 4.02. The number of benzene rings is 2. The molecule has 126 valence electrons. The maximum absolute atomic E-state index is 12.0. The Labute approximate surface area is 153 Å². The van der Waals surface area contributed by atoms with Crippen LogP contribution in [-0.4, -0.2) is 25.5 Å². The van der Waals surface area contributed by atoms with Crippen LogP contribution in [0.15, 0.2) is 36.4 Å². The summed E-state index contributed by atoms with van der Waals surface area (Å²) < 4.78 is 5.34. The second kappa shape index (κ2) is 8.24. The van der Waals surface area contributed by atoms with Crippen LogP contribution in [0.25, 0.3) is 0 Å². The Morgan fingerprint density at radius 3 is 2.46 bits per heavy atom. The summed E-state index contributed by atoms with van der Waals surface area (Å²) >= 11 is 17.7. The molecule has 24 heavy (non-hydrogen) atoms. The normalized spacial score (nSPS) is 10.2. The fourth-order valence-corrected chi connectivity index (χ4v) is 2.51. The zero-order valence-corrected chi connectivity index (χ0v) is 14.8. The molecule has 0 aliphatic rings. The third-order valence-electron chi connectivity index (χ3n) is 2.97. The van der Waals surface area contributed by atoms with E-state index in [-0.39, 0.29) is 23.1 Å². The number of halogens is 3. The zero-order chi connectivity index (χ0) is 17.7. The van der Waals surface area contributed by atoms with Gasteiger partial charge in [-0.05, 0) is 36.4 Å². The SMILES string of the molecule is CNC(=O)c1cc(NC(=O)COc2ccc(Cl)cc2Cl)ccc1Cl. The zero-order valence-electron chi connectivity index (χ0n) is 12.5. The molecule has 0 aliphatic carbocycles. The van der Waals surface area contributed by atoms with Crippen LogP contribution in [0.1, 0.15) is 10.4 Å². The van der Waals surface area contributed by atoms with Crippen LogP contribution in [0.3, 0.4) is 0 Å². The van der Waals surface area contributed by atoms with E-state index in [0.717, 1.165) is 0 Å². The van der Waals surface area contributed by atoms with Gasteiger partial charge in [-0.1, -0.05) is 34.8 Å². The quantitative estimate of drug-likeness (QED) is 0.814. The lowest BCUT2D eigenvalue weighted by Crippen LogP contribution is -2.21. The number of carbonyl (C=O) groups is 2. The average Bonchev–Trinajstić information content (AvgIpc) is 2.55. The van der Waals surface area contributed by atoms with Gasteiger partial charge in [0.25, 0.3) is 11.8 Å². The van der Waals surface area contributed by atoms with Crippen molar-refractivity contribution in [2.24, 2.45) is 0 Å². The van der Waals surface area contributed by atoms with E-state index in [1.54, 1.807) is 18.2 Å². The van der Waals surface area contributed by atoms with E-state index in [4.69, 9.17) is 39.5 Å². The van der Waals surface area contributed by atoms with Crippen molar-refractivity contribution in [1.29, 1.82) is 0 Å². The highest BCUT2D eigenvalue weighted by atomic mass is 35.5. The Kier molecular flexibility index (Phi) is 6.31. The Morgan fingerprint density at radius 1 is 1.04 bits per heavy atom. The molecule has 0 radical (unpaired) electrons. The van der Waals surface area contributed by atoms with Gasteiger partial charge in [-0.2, -0.15) is 0 Å². The lowest BCUT2D eigenvalue weighted by molar-refractivity contribution is -0.118. The first-order chi connectivity index (χ1) is 11.4. The van der Waals surface area contributed by atoms with E-state index in [2.05, 4.69) is 10.6 Å². The molecule has 0 saturated carbocycles. The number of nitrogens with one attached hydrogen (secondary N) is 2. The summed E-state index contributed by atoms with van der Waals surface area (Å²) in [5.74, 6) is -0.412. The van der Waals surface area contributed by atoms with Gasteiger partial charge in [-0.25, -0.2) is 0 Å². The summed E-state index contributed by atoms with van der Waals surface area (Å²) in [7, 11) is 1.49. The summed E-state index contributed by atoms with van der Waals surface area (Å²) in [6, 6.07) is 9.29. The molecule has 0 atom stereocenters. The summed E-state index contributed by atoms with van der Waals surface area (Å²) in [6.45, 7) is -0.251. The molecule has 0 aromatic heterocycles. The largest absolute Gasteiger partial charge is 0.482 e. The maximum Gasteiger partial charge on any atom is 0.262 e. The van der Waals surface area contributed by atoms with E-state index < -0.39 is 5.91 Å². The van der Waals surface area contributed by atoms with Crippen LogP contribution in [0.5, 0.6) is 5.75 Å². The number of hydrogen-bond donors (Lipinski definition) is 2. The molecule has 0 saturated heterocycles. The van der Waals surface area contributed by atoms with Gasteiger partial charge in [0.1, 0.15) is 5.75 Å². The minimum atomic E-state index is -0.411. The number of ether oxygens (including phenoxy) is 1. The van der Waals surface area contributed by atoms with Gasteiger partial charge in [-0.3, -0.25) is 9.59 Å². The fourth-order valence-electron chi connectivity index (χ4n) is 1.84. The van der Waals surface area contributed by atoms with Crippen LogP contribution in [-0.2, 0) is 4.79 Å². The van der Waals surface area contributed by atoms with Gasteiger partial charge < -0.3 is 15.4 Å². The monoisotopic (exact) mass is 386 g/mol. The highest BCUT2D eigenvalue weighted by molar-refractivity contribution is 6.35. The van der Waals surface area contributed by atoms with Crippen molar-refractivity contribution >= 4 is 52.3 Å². The molecule has 2 aromatic rings. The Morgan fingerprint density at radius 2 is 1.79 bits per heavy atom. The first-order valence-corrected chi connectivity index (χ1v) is 7.93. The van der Waals surface area contributed by atoms with Crippen molar-refractivity contribution in [2.45, 2.75) is 0 Å². The van der Waals surface area contributed by atoms with Gasteiger partial charge in [0.15, 0.2) is 6.61 Å². The van der Waals surface area contributed by atoms with Crippen molar-refractivity contribution in [3.8, 4) is 5.75 Å². The third-order valence-corrected chi connectivity index (χ3v) is 3.83. The number of carbonyl (C=O) groups excluding carboxylic acids is 2. The summed E-state index contributed by atoms with van der Waals surface area (Å²) in [5.41, 5.74) is 0.687. The molecular weight excluding hydrogens is 375 g/mol. The molecule has 0 bridgehead atoms. The summed E-state index contributed by atoms with van der Waals surface area (Å²) in [4.78, 5) is 23.7. The van der Waals surface area contributed by atoms with Crippen LogP contribution in [0.4, 0.5) is 5.69 Å². The van der Waals surface area contributed by atoms with Crippen molar-refractivity contribution in [3.63, 3.8) is 0 Å². The molecule has 0 unspecified atom stereocenters. The van der Waals surface area contributed by atoms with Crippen LogP contribution < -0.4 is 15.4 Å². The van der Waals surface area contributed by atoms with Crippen molar-refractivity contribution in [3.05, 3.63) is 57.0 Å². The standard InChI is InChI=1S/C16H13Cl3N2O3/c1-20-16(23)11-7-10(3-4-12(11)18)21-15(22)8-24-14-5-2-9(17)6-13(14)19/h2-7H,8H2,1H3,(H,20,23)(H,21,22). The van der Waals surface area contributed by atoms with E-state index in [1.807, 2.05) is 0 Å². The Bertz CT molecular complexity index is 781. The van der Waals surface area contributed by atoms with E-state index in [1.165, 1.54) is 25.2 Å². The highest BCUT2D eigenvalue weighted by Crippen LogP contribution is 2.27. The highest BCUT2D eigenvalue weighted by Gasteiger charge is 2.12. The molecule has 0 heterocycles. The molecule has 2 amide bonds. The predicted molar refractivity (Wildman–Crippen MR) is 95.4 cm³/mol. The lowest BCUT2D eigenvalue weighted by Gasteiger charge is -2.10. The first kappa shape index (κ1) is 18.4. The van der Waals surface area contributed by atoms with Crippen LogP contribution in [0.2, 0.25) is 15.1 Å². The van der Waals surface area contributed by atoms with Crippen LogP contribution >= 0.6 is 34.8 Å². The molecule has 2 N–H and O–H groups in total. The molecule has 0 aliphatic heterocycles. The third kappa shape index (κ3) is 4.77. The second-order valence-corrected chi connectivity index (χ2v) is 5.94. The maximum atomic E-state index is 12.0. The molecule has 0 fully saturated rings. The molecular formula is C16H13Cl3N2O3. The van der Waals surface area contributed by atoms with Gasteiger partial charge >= 0.3 is 0 Å². The van der Waals surface area contributed by atoms with Crippen molar-refractivity contribution in [2.75, 3.05) is 19.0 Å². The average molecular weight is 388 g/mol. The molecule has 8 heteroatoms. The smallest absolute Gasteiger partial charge is 0.262 e. The summed E-state index contributed by atoms with van der Waals surface area (Å²) in [5, 5.41) is 6.16. The number of hydrogen-bond acceptors (Lipinski definition) is 3. The molecule has 2 rings (SSSR count). The van der Waals surface area contributed by atoms with Crippen molar-refractivity contribution in [1.82, 2.24) is 5.32 Å². The summed E-state index contributed by atoms with van der Waals surface area (Å²) in [6.07, 6.45) is 0. The fraction of sp³-hybridized carbons (Fsp3) is 0.125. The van der Waals surface area contributed by atoms with Gasteiger partial charge in [0, 0.05) is 17.8 Å². The topological polar surface area (TPSA) is 67.4 Å². The molecule has 2 aromatic carbocycles. The van der Waals surface area contributed by atoms with Gasteiger partial charge in [0.05, 0.1) is 15.6 Å².